The minimum atomic E-state index is -0.446. The van der Waals surface area contributed by atoms with Gasteiger partial charge in [-0.15, -0.1) is 11.8 Å². The molecule has 0 saturated carbocycles. The molecular formula is C24H23FN2O2S. The van der Waals surface area contributed by atoms with Gasteiger partial charge in [-0.2, -0.15) is 0 Å². The Morgan fingerprint density at radius 1 is 1.17 bits per heavy atom. The van der Waals surface area contributed by atoms with E-state index >= 15 is 0 Å². The first-order valence-electron chi connectivity index (χ1n) is 9.93. The van der Waals surface area contributed by atoms with Crippen LogP contribution >= 0.6 is 11.8 Å². The fraction of sp³-hybridized carbons (Fsp3) is 0.250. The summed E-state index contributed by atoms with van der Waals surface area (Å²) in [6, 6.07) is 13.8. The van der Waals surface area contributed by atoms with Crippen LogP contribution in [0, 0.1) is 5.82 Å². The molecule has 1 aliphatic heterocycles. The standard InChI is InChI=1S/C24H23FN2O2S/c1-14-21(24(29)27-17-6-3-5-16(25)13-17)22(15-9-11-18(30-2)12-10-15)23-19(26-14)7-4-8-20(23)28/h3,5-6,9-13,22,26H,4,7-8H2,1-2H3,(H,27,29). The van der Waals surface area contributed by atoms with Crippen molar-refractivity contribution in [2.45, 2.75) is 37.0 Å². The van der Waals surface area contributed by atoms with E-state index < -0.39 is 11.7 Å². The van der Waals surface area contributed by atoms with Crippen LogP contribution in [0.25, 0.3) is 0 Å². The third kappa shape index (κ3) is 3.92. The fourth-order valence-electron chi connectivity index (χ4n) is 4.18. The van der Waals surface area contributed by atoms with Gasteiger partial charge in [0.1, 0.15) is 5.82 Å². The first kappa shape index (κ1) is 20.4. The van der Waals surface area contributed by atoms with E-state index in [-0.39, 0.29) is 11.7 Å². The normalized spacial score (nSPS) is 18.8. The Balaban J connectivity index is 1.77. The highest BCUT2D eigenvalue weighted by molar-refractivity contribution is 7.98. The number of amides is 1. The summed E-state index contributed by atoms with van der Waals surface area (Å²) in [6.45, 7) is 1.85. The van der Waals surface area contributed by atoms with E-state index in [1.807, 2.05) is 37.4 Å². The van der Waals surface area contributed by atoms with E-state index in [0.29, 0.717) is 23.3 Å². The van der Waals surface area contributed by atoms with E-state index in [9.17, 15) is 14.0 Å². The Morgan fingerprint density at radius 2 is 1.93 bits per heavy atom. The zero-order valence-corrected chi connectivity index (χ0v) is 17.7. The van der Waals surface area contributed by atoms with Crippen LogP contribution in [0.1, 0.15) is 37.7 Å². The molecule has 2 aliphatic rings. The van der Waals surface area contributed by atoms with Crippen molar-refractivity contribution in [2.24, 2.45) is 0 Å². The summed E-state index contributed by atoms with van der Waals surface area (Å²) < 4.78 is 13.6. The Labute approximate surface area is 179 Å². The average molecular weight is 423 g/mol. The lowest BCUT2D eigenvalue weighted by atomic mass is 9.75. The summed E-state index contributed by atoms with van der Waals surface area (Å²) in [4.78, 5) is 27.3. The van der Waals surface area contributed by atoms with E-state index in [4.69, 9.17) is 0 Å². The Hall–Kier alpha value is -2.86. The molecule has 1 aliphatic carbocycles. The molecule has 4 nitrogen and oxygen atoms in total. The number of nitrogens with one attached hydrogen (secondary N) is 2. The summed E-state index contributed by atoms with van der Waals surface area (Å²) >= 11 is 1.64. The highest BCUT2D eigenvalue weighted by Gasteiger charge is 2.38. The van der Waals surface area contributed by atoms with Gasteiger partial charge in [0.2, 0.25) is 0 Å². The summed E-state index contributed by atoms with van der Waals surface area (Å²) in [7, 11) is 0. The van der Waals surface area contributed by atoms with E-state index in [1.165, 1.54) is 12.1 Å². The SMILES string of the molecule is CSc1ccc(C2C(C(=O)Nc3cccc(F)c3)=C(C)NC3=C2C(=O)CCC3)cc1. The lowest BCUT2D eigenvalue weighted by Crippen LogP contribution is -2.35. The van der Waals surface area contributed by atoms with Crippen molar-refractivity contribution in [3.05, 3.63) is 82.5 Å². The Bertz CT molecular complexity index is 1070. The van der Waals surface area contributed by atoms with Gasteiger partial charge < -0.3 is 10.6 Å². The summed E-state index contributed by atoms with van der Waals surface area (Å²) in [5, 5.41) is 6.10. The van der Waals surface area contributed by atoms with E-state index in [0.717, 1.165) is 34.7 Å². The lowest BCUT2D eigenvalue weighted by molar-refractivity contribution is -0.116. The number of Topliss-reactive ketones (excluding diaryl/α,β-unsaturated/α-hetero) is 1. The number of ketones is 1. The first-order chi connectivity index (χ1) is 14.5. The largest absolute Gasteiger partial charge is 0.362 e. The third-order valence-corrected chi connectivity index (χ3v) is 6.30. The number of thioether (sulfide) groups is 1. The van der Waals surface area contributed by atoms with Gasteiger partial charge in [-0.1, -0.05) is 18.2 Å². The molecular weight excluding hydrogens is 399 g/mol. The molecule has 6 heteroatoms. The molecule has 2 N–H and O–H groups in total. The second-order valence-corrected chi connectivity index (χ2v) is 8.38. The topological polar surface area (TPSA) is 58.2 Å². The highest BCUT2D eigenvalue weighted by Crippen LogP contribution is 2.42. The monoisotopic (exact) mass is 422 g/mol. The van der Waals surface area contributed by atoms with Gasteiger partial charge in [0.05, 0.1) is 0 Å². The van der Waals surface area contributed by atoms with Gasteiger partial charge >= 0.3 is 0 Å². The number of benzene rings is 2. The van der Waals surface area contributed by atoms with Crippen molar-refractivity contribution in [1.29, 1.82) is 0 Å². The maximum absolute atomic E-state index is 13.6. The van der Waals surface area contributed by atoms with Crippen LogP contribution in [-0.2, 0) is 9.59 Å². The van der Waals surface area contributed by atoms with Crippen LogP contribution in [0.15, 0.2) is 76.0 Å². The van der Waals surface area contributed by atoms with Crippen molar-refractivity contribution in [3.63, 3.8) is 0 Å². The maximum Gasteiger partial charge on any atom is 0.254 e. The zero-order valence-electron chi connectivity index (χ0n) is 16.9. The molecule has 0 saturated heterocycles. The van der Waals surface area contributed by atoms with Crippen molar-refractivity contribution in [2.75, 3.05) is 11.6 Å². The molecule has 2 aromatic rings. The number of anilines is 1. The second-order valence-electron chi connectivity index (χ2n) is 7.50. The molecule has 30 heavy (non-hydrogen) atoms. The number of carbonyl (C=O) groups is 2. The molecule has 2 aromatic carbocycles. The fourth-order valence-corrected chi connectivity index (χ4v) is 4.59. The van der Waals surface area contributed by atoms with E-state index in [1.54, 1.807) is 23.9 Å². The van der Waals surface area contributed by atoms with E-state index in [2.05, 4.69) is 10.6 Å². The molecule has 1 atom stereocenters. The van der Waals surface area contributed by atoms with Gasteiger partial charge in [0, 0.05) is 45.5 Å². The number of dihydropyridines is 1. The van der Waals surface area contributed by atoms with Crippen molar-refractivity contribution < 1.29 is 14.0 Å². The highest BCUT2D eigenvalue weighted by atomic mass is 32.2. The third-order valence-electron chi connectivity index (χ3n) is 5.55. The van der Waals surface area contributed by atoms with Crippen LogP contribution in [0.5, 0.6) is 0 Å². The molecule has 0 bridgehead atoms. The van der Waals surface area contributed by atoms with Gasteiger partial charge in [-0.3, -0.25) is 9.59 Å². The summed E-state index contributed by atoms with van der Waals surface area (Å²) in [6.07, 6.45) is 4.09. The lowest BCUT2D eigenvalue weighted by Gasteiger charge is -2.34. The first-order valence-corrected chi connectivity index (χ1v) is 11.2. The van der Waals surface area contributed by atoms with Crippen LogP contribution in [0.3, 0.4) is 0 Å². The molecule has 1 unspecified atom stereocenters. The molecule has 0 radical (unpaired) electrons. The number of halogens is 1. The summed E-state index contributed by atoms with van der Waals surface area (Å²) in [5.41, 5.74) is 4.08. The summed E-state index contributed by atoms with van der Waals surface area (Å²) in [5.74, 6) is -1.13. The zero-order chi connectivity index (χ0) is 21.3. The number of rotatable bonds is 4. The van der Waals surface area contributed by atoms with Crippen LogP contribution in [0.2, 0.25) is 0 Å². The molecule has 154 valence electrons. The Morgan fingerprint density at radius 3 is 2.63 bits per heavy atom. The van der Waals surface area contributed by atoms with Crippen molar-refractivity contribution in [1.82, 2.24) is 5.32 Å². The van der Waals surface area contributed by atoms with Gasteiger partial charge in [-0.25, -0.2) is 4.39 Å². The van der Waals surface area contributed by atoms with Gasteiger partial charge in [-0.05, 0) is 61.9 Å². The second kappa shape index (κ2) is 8.48. The predicted octanol–water partition coefficient (Wildman–Crippen LogP) is 5.15. The van der Waals surface area contributed by atoms with Crippen LogP contribution < -0.4 is 10.6 Å². The minimum absolute atomic E-state index is 0.0752. The van der Waals surface area contributed by atoms with Crippen LogP contribution in [-0.4, -0.2) is 17.9 Å². The molecule has 1 heterocycles. The van der Waals surface area contributed by atoms with Crippen LogP contribution in [0.4, 0.5) is 10.1 Å². The van der Waals surface area contributed by atoms with Crippen molar-refractivity contribution in [3.8, 4) is 0 Å². The molecule has 0 fully saturated rings. The molecule has 0 aromatic heterocycles. The van der Waals surface area contributed by atoms with Gasteiger partial charge in [0.25, 0.3) is 5.91 Å². The minimum Gasteiger partial charge on any atom is -0.362 e. The average Bonchev–Trinajstić information content (AvgIpc) is 2.73. The predicted molar refractivity (Wildman–Crippen MR) is 118 cm³/mol. The van der Waals surface area contributed by atoms with Crippen molar-refractivity contribution >= 4 is 29.1 Å². The smallest absolute Gasteiger partial charge is 0.254 e. The number of allylic oxidation sites excluding steroid dienone is 3. The quantitative estimate of drug-likeness (QED) is 0.669. The molecule has 4 rings (SSSR count). The number of hydrogen-bond acceptors (Lipinski definition) is 4. The Kier molecular flexibility index (Phi) is 5.77. The number of carbonyl (C=O) groups excluding carboxylic acids is 2. The number of hydrogen-bond donors (Lipinski definition) is 2. The maximum atomic E-state index is 13.6. The van der Waals surface area contributed by atoms with Gasteiger partial charge in [0.15, 0.2) is 5.78 Å². The molecule has 0 spiro atoms. The molecule has 1 amide bonds.